The van der Waals surface area contributed by atoms with Gasteiger partial charge in [0.2, 0.25) is 0 Å². The lowest BCUT2D eigenvalue weighted by Crippen LogP contribution is -2.23. The topological polar surface area (TPSA) is 24.4 Å². The average molecular weight is 226 g/mol. The van der Waals surface area contributed by atoms with Crippen LogP contribution in [0.2, 0.25) is 0 Å². The molecule has 0 bridgehead atoms. The highest BCUT2D eigenvalue weighted by molar-refractivity contribution is 8.14. The lowest BCUT2D eigenvalue weighted by atomic mass is 10.1. The van der Waals surface area contributed by atoms with Crippen LogP contribution in [0, 0.1) is 11.8 Å². The highest BCUT2D eigenvalue weighted by Gasteiger charge is 2.37. The third-order valence-corrected chi connectivity index (χ3v) is 4.34. The summed E-state index contributed by atoms with van der Waals surface area (Å²) in [5, 5.41) is 4.79. The van der Waals surface area contributed by atoms with E-state index in [1.54, 1.807) is 0 Å². The van der Waals surface area contributed by atoms with Gasteiger partial charge in [0.05, 0.1) is 6.04 Å². The van der Waals surface area contributed by atoms with Gasteiger partial charge < -0.3 is 5.32 Å². The molecule has 0 aromatic heterocycles. The SMILES string of the molecule is CCCC1CC1NC1=NC(C(C)C)CS1. The Labute approximate surface area is 97.3 Å². The van der Waals surface area contributed by atoms with E-state index in [1.807, 2.05) is 11.8 Å². The zero-order valence-electron chi connectivity index (χ0n) is 9.99. The van der Waals surface area contributed by atoms with E-state index in [-0.39, 0.29) is 0 Å². The van der Waals surface area contributed by atoms with E-state index in [4.69, 9.17) is 4.99 Å². The summed E-state index contributed by atoms with van der Waals surface area (Å²) in [5.74, 6) is 2.78. The first-order chi connectivity index (χ1) is 7.20. The van der Waals surface area contributed by atoms with Gasteiger partial charge in [-0.3, -0.25) is 4.99 Å². The summed E-state index contributed by atoms with van der Waals surface area (Å²) in [5.41, 5.74) is 0. The van der Waals surface area contributed by atoms with Crippen LogP contribution in [-0.2, 0) is 0 Å². The number of hydrogen-bond acceptors (Lipinski definition) is 3. The zero-order valence-corrected chi connectivity index (χ0v) is 10.8. The van der Waals surface area contributed by atoms with Gasteiger partial charge in [-0.1, -0.05) is 39.0 Å². The normalized spacial score (nSPS) is 34.4. The second kappa shape index (κ2) is 4.77. The Morgan fingerprint density at radius 1 is 1.53 bits per heavy atom. The molecular formula is C12H22N2S. The zero-order chi connectivity index (χ0) is 10.8. The summed E-state index contributed by atoms with van der Waals surface area (Å²) in [6.07, 6.45) is 4.06. The standard InChI is InChI=1S/C12H22N2S/c1-4-5-9-6-10(9)13-12-14-11(7-15-12)8(2)3/h8-11H,4-7H2,1-3H3,(H,13,14). The van der Waals surface area contributed by atoms with E-state index >= 15 is 0 Å². The van der Waals surface area contributed by atoms with Crippen LogP contribution < -0.4 is 5.32 Å². The van der Waals surface area contributed by atoms with Crippen LogP contribution in [0.4, 0.5) is 0 Å². The second-order valence-corrected chi connectivity index (χ2v) is 6.10. The predicted octanol–water partition coefficient (Wildman–Crippen LogP) is 2.89. The minimum absolute atomic E-state index is 0.542. The molecule has 1 aliphatic carbocycles. The van der Waals surface area contributed by atoms with Crippen LogP contribution in [0.15, 0.2) is 4.99 Å². The van der Waals surface area contributed by atoms with Gasteiger partial charge in [-0.25, -0.2) is 0 Å². The van der Waals surface area contributed by atoms with E-state index in [2.05, 4.69) is 26.1 Å². The molecule has 2 rings (SSSR count). The van der Waals surface area contributed by atoms with Crippen molar-refractivity contribution in [1.82, 2.24) is 5.32 Å². The molecule has 0 radical (unpaired) electrons. The largest absolute Gasteiger partial charge is 0.362 e. The minimum atomic E-state index is 0.542. The quantitative estimate of drug-likeness (QED) is 0.797. The minimum Gasteiger partial charge on any atom is -0.362 e. The molecule has 1 saturated carbocycles. The summed E-state index contributed by atoms with van der Waals surface area (Å²) in [4.78, 5) is 4.73. The lowest BCUT2D eigenvalue weighted by Gasteiger charge is -2.08. The van der Waals surface area contributed by atoms with Crippen molar-refractivity contribution in [2.75, 3.05) is 5.75 Å². The van der Waals surface area contributed by atoms with Crippen LogP contribution in [0.3, 0.4) is 0 Å². The molecule has 0 saturated heterocycles. The van der Waals surface area contributed by atoms with Gasteiger partial charge >= 0.3 is 0 Å². The van der Waals surface area contributed by atoms with Crippen LogP contribution >= 0.6 is 11.8 Å². The predicted molar refractivity (Wildman–Crippen MR) is 68.5 cm³/mol. The fraction of sp³-hybridized carbons (Fsp3) is 0.917. The van der Waals surface area contributed by atoms with Crippen molar-refractivity contribution in [2.24, 2.45) is 16.8 Å². The average Bonchev–Trinajstić information content (AvgIpc) is 2.75. The Bertz CT molecular complexity index is 250. The van der Waals surface area contributed by atoms with Crippen LogP contribution in [0.5, 0.6) is 0 Å². The molecule has 86 valence electrons. The summed E-state index contributed by atoms with van der Waals surface area (Å²) in [7, 11) is 0. The van der Waals surface area contributed by atoms with Crippen molar-refractivity contribution in [1.29, 1.82) is 0 Å². The first kappa shape index (κ1) is 11.3. The van der Waals surface area contributed by atoms with Crippen molar-refractivity contribution >= 4 is 16.9 Å². The molecule has 1 N–H and O–H groups in total. The van der Waals surface area contributed by atoms with Crippen molar-refractivity contribution < 1.29 is 0 Å². The van der Waals surface area contributed by atoms with Crippen LogP contribution in [0.25, 0.3) is 0 Å². The summed E-state index contributed by atoms with van der Waals surface area (Å²) < 4.78 is 0. The van der Waals surface area contributed by atoms with Crippen LogP contribution in [0.1, 0.15) is 40.0 Å². The Balaban J connectivity index is 1.75. The fourth-order valence-corrected chi connectivity index (χ4v) is 3.32. The molecule has 0 aromatic rings. The highest BCUT2D eigenvalue weighted by Crippen LogP contribution is 2.35. The molecule has 1 fully saturated rings. The van der Waals surface area contributed by atoms with Crippen molar-refractivity contribution in [3.8, 4) is 0 Å². The van der Waals surface area contributed by atoms with E-state index in [1.165, 1.54) is 30.2 Å². The third kappa shape index (κ3) is 2.90. The number of nitrogens with zero attached hydrogens (tertiary/aromatic N) is 1. The van der Waals surface area contributed by atoms with Gasteiger partial charge in [-0.2, -0.15) is 0 Å². The maximum Gasteiger partial charge on any atom is 0.157 e. The summed E-state index contributed by atoms with van der Waals surface area (Å²) in [6, 6.07) is 1.28. The molecule has 0 amide bonds. The van der Waals surface area contributed by atoms with Crippen LogP contribution in [-0.4, -0.2) is 23.0 Å². The smallest absolute Gasteiger partial charge is 0.157 e. The number of nitrogens with one attached hydrogen (secondary N) is 1. The first-order valence-corrected chi connectivity index (χ1v) is 7.16. The number of aliphatic imine (C=N–C) groups is 1. The van der Waals surface area contributed by atoms with Gasteiger partial charge in [-0.05, 0) is 24.7 Å². The molecule has 2 aliphatic rings. The highest BCUT2D eigenvalue weighted by atomic mass is 32.2. The number of thioether (sulfide) groups is 1. The third-order valence-electron chi connectivity index (χ3n) is 3.33. The second-order valence-electron chi connectivity index (χ2n) is 5.09. The summed E-state index contributed by atoms with van der Waals surface area (Å²) >= 11 is 1.91. The molecule has 2 nitrogen and oxygen atoms in total. The molecule has 3 unspecified atom stereocenters. The maximum absolute atomic E-state index is 4.73. The van der Waals surface area contributed by atoms with E-state index < -0.39 is 0 Å². The monoisotopic (exact) mass is 226 g/mol. The van der Waals surface area contributed by atoms with Gasteiger partial charge in [0.25, 0.3) is 0 Å². The van der Waals surface area contributed by atoms with Gasteiger partial charge in [0.1, 0.15) is 0 Å². The lowest BCUT2D eigenvalue weighted by molar-refractivity contribution is 0.542. The first-order valence-electron chi connectivity index (χ1n) is 6.17. The maximum atomic E-state index is 4.73. The molecule has 3 heteroatoms. The van der Waals surface area contributed by atoms with E-state index in [9.17, 15) is 0 Å². The Morgan fingerprint density at radius 2 is 2.33 bits per heavy atom. The van der Waals surface area contributed by atoms with Gasteiger partial charge in [0.15, 0.2) is 5.17 Å². The van der Waals surface area contributed by atoms with Gasteiger partial charge in [0, 0.05) is 11.8 Å². The molecular weight excluding hydrogens is 204 g/mol. The van der Waals surface area contributed by atoms with Crippen molar-refractivity contribution in [2.45, 2.75) is 52.1 Å². The Morgan fingerprint density at radius 3 is 2.93 bits per heavy atom. The number of hydrogen-bond donors (Lipinski definition) is 1. The number of rotatable bonds is 4. The number of amidine groups is 1. The van der Waals surface area contributed by atoms with E-state index in [0.29, 0.717) is 12.0 Å². The molecule has 0 spiro atoms. The molecule has 3 atom stereocenters. The molecule has 1 heterocycles. The Hall–Kier alpha value is -0.180. The fourth-order valence-electron chi connectivity index (χ4n) is 2.08. The summed E-state index contributed by atoms with van der Waals surface area (Å²) in [6.45, 7) is 6.79. The molecule has 0 aromatic carbocycles. The molecule has 15 heavy (non-hydrogen) atoms. The van der Waals surface area contributed by atoms with Gasteiger partial charge in [-0.15, -0.1) is 0 Å². The molecule has 1 aliphatic heterocycles. The van der Waals surface area contributed by atoms with Crippen molar-refractivity contribution in [3.63, 3.8) is 0 Å². The Kier molecular flexibility index (Phi) is 3.60. The van der Waals surface area contributed by atoms with E-state index in [0.717, 1.165) is 12.0 Å². The van der Waals surface area contributed by atoms with Crippen molar-refractivity contribution in [3.05, 3.63) is 0 Å².